The van der Waals surface area contributed by atoms with E-state index in [1.54, 1.807) is 6.08 Å². The molecule has 3 rings (SSSR count). The first-order valence-electron chi connectivity index (χ1n) is 8.70. The van der Waals surface area contributed by atoms with Crippen molar-refractivity contribution in [2.45, 2.75) is 20.5 Å². The predicted octanol–water partition coefficient (Wildman–Crippen LogP) is 5.87. The molecule has 4 nitrogen and oxygen atoms in total. The second kappa shape index (κ2) is 8.61. The molecule has 0 atom stereocenters. The number of hydrogen-bond acceptors (Lipinski definition) is 3. The fourth-order valence-corrected chi connectivity index (χ4v) is 3.28. The van der Waals surface area contributed by atoms with Gasteiger partial charge in [0.1, 0.15) is 30.1 Å². The zero-order valence-corrected chi connectivity index (χ0v) is 17.2. The molecule has 0 radical (unpaired) electrons. The van der Waals surface area contributed by atoms with Crippen LogP contribution in [0.25, 0.3) is 11.8 Å². The molecule has 1 heterocycles. The van der Waals surface area contributed by atoms with Crippen LogP contribution in [0.15, 0.2) is 64.6 Å². The summed E-state index contributed by atoms with van der Waals surface area (Å²) >= 11 is 3.43. The van der Waals surface area contributed by atoms with Crippen molar-refractivity contribution in [3.05, 3.63) is 87.2 Å². The molecule has 0 aliphatic carbocycles. The van der Waals surface area contributed by atoms with E-state index in [9.17, 15) is 0 Å². The van der Waals surface area contributed by atoms with Crippen molar-refractivity contribution in [1.29, 1.82) is 10.5 Å². The molecular formula is C23H18BrN3O. The second-order valence-corrected chi connectivity index (χ2v) is 7.27. The van der Waals surface area contributed by atoms with E-state index in [2.05, 4.69) is 20.5 Å². The lowest BCUT2D eigenvalue weighted by Gasteiger charge is -2.11. The number of nitriles is 2. The molecule has 0 N–H and O–H groups in total. The van der Waals surface area contributed by atoms with Gasteiger partial charge in [0.2, 0.25) is 0 Å². The van der Waals surface area contributed by atoms with Crippen LogP contribution in [0.2, 0.25) is 0 Å². The number of rotatable bonds is 5. The molecule has 0 saturated carbocycles. The van der Waals surface area contributed by atoms with Gasteiger partial charge in [-0.25, -0.2) is 0 Å². The van der Waals surface area contributed by atoms with E-state index in [4.69, 9.17) is 15.3 Å². The summed E-state index contributed by atoms with van der Waals surface area (Å²) in [6.45, 7) is 4.48. The molecular weight excluding hydrogens is 414 g/mol. The largest absolute Gasteiger partial charge is 0.489 e. The quantitative estimate of drug-likeness (QED) is 0.474. The van der Waals surface area contributed by atoms with E-state index < -0.39 is 0 Å². The number of halogens is 1. The third kappa shape index (κ3) is 4.34. The lowest BCUT2D eigenvalue weighted by atomic mass is 10.1. The fourth-order valence-electron chi connectivity index (χ4n) is 3.01. The molecule has 1 aromatic heterocycles. The minimum atomic E-state index is 0.0944. The summed E-state index contributed by atoms with van der Waals surface area (Å²) in [5.41, 5.74) is 5.07. The molecule has 0 amide bonds. The van der Waals surface area contributed by atoms with Crippen molar-refractivity contribution < 1.29 is 4.74 Å². The van der Waals surface area contributed by atoms with E-state index in [0.717, 1.165) is 38.4 Å². The van der Waals surface area contributed by atoms with Crippen molar-refractivity contribution in [2.24, 2.45) is 0 Å². The molecule has 0 unspecified atom stereocenters. The molecule has 2 aromatic carbocycles. The number of aryl methyl sites for hydroxylation is 1. The van der Waals surface area contributed by atoms with Gasteiger partial charge in [0, 0.05) is 21.5 Å². The Labute approximate surface area is 173 Å². The Bertz CT molecular complexity index is 1080. The standard InChI is InChI=1S/C23H18BrN3O/c1-16-11-20(12-19(13-25)14-26)17(2)27(16)22-7-9-23(10-8-22)28-15-18-3-5-21(24)6-4-18/h3-12H,15H2,1-2H3. The van der Waals surface area contributed by atoms with E-state index in [0.29, 0.717) is 6.61 Å². The zero-order valence-electron chi connectivity index (χ0n) is 15.6. The third-order valence-corrected chi connectivity index (χ3v) is 4.95. The van der Waals surface area contributed by atoms with E-state index in [-0.39, 0.29) is 5.57 Å². The van der Waals surface area contributed by atoms with Crippen LogP contribution in [0.3, 0.4) is 0 Å². The van der Waals surface area contributed by atoms with Crippen LogP contribution in [0, 0.1) is 36.5 Å². The normalized spacial score (nSPS) is 10.0. The minimum Gasteiger partial charge on any atom is -0.489 e. The molecule has 138 valence electrons. The maximum Gasteiger partial charge on any atom is 0.130 e. The van der Waals surface area contributed by atoms with Crippen LogP contribution in [0.4, 0.5) is 0 Å². The monoisotopic (exact) mass is 431 g/mol. The highest BCUT2D eigenvalue weighted by Gasteiger charge is 2.10. The van der Waals surface area contributed by atoms with Crippen molar-refractivity contribution in [3.8, 4) is 23.6 Å². The summed E-state index contributed by atoms with van der Waals surface area (Å²) in [4.78, 5) is 0. The van der Waals surface area contributed by atoms with Crippen LogP contribution in [-0.4, -0.2) is 4.57 Å². The topological polar surface area (TPSA) is 61.7 Å². The lowest BCUT2D eigenvalue weighted by molar-refractivity contribution is 0.306. The van der Waals surface area contributed by atoms with Crippen LogP contribution in [0.5, 0.6) is 5.75 Å². The molecule has 0 bridgehead atoms. The molecule has 3 aromatic rings. The SMILES string of the molecule is Cc1cc(C=C(C#N)C#N)c(C)n1-c1ccc(OCc2ccc(Br)cc2)cc1. The Kier molecular flexibility index (Phi) is 5.99. The van der Waals surface area contributed by atoms with Crippen molar-refractivity contribution in [2.75, 3.05) is 0 Å². The number of benzene rings is 2. The summed E-state index contributed by atoms with van der Waals surface area (Å²) in [6.07, 6.45) is 1.62. The second-order valence-electron chi connectivity index (χ2n) is 6.35. The Balaban J connectivity index is 1.79. The van der Waals surface area contributed by atoms with Gasteiger partial charge < -0.3 is 9.30 Å². The minimum absolute atomic E-state index is 0.0944. The van der Waals surface area contributed by atoms with Gasteiger partial charge in [0.15, 0.2) is 0 Å². The van der Waals surface area contributed by atoms with Crippen LogP contribution < -0.4 is 4.74 Å². The summed E-state index contributed by atoms with van der Waals surface area (Å²) in [5, 5.41) is 18.0. The van der Waals surface area contributed by atoms with Gasteiger partial charge in [-0.1, -0.05) is 28.1 Å². The van der Waals surface area contributed by atoms with Gasteiger partial charge in [-0.15, -0.1) is 0 Å². The number of aromatic nitrogens is 1. The predicted molar refractivity (Wildman–Crippen MR) is 113 cm³/mol. The highest BCUT2D eigenvalue weighted by Crippen LogP contribution is 2.24. The van der Waals surface area contributed by atoms with Crippen LogP contribution in [0.1, 0.15) is 22.5 Å². The van der Waals surface area contributed by atoms with E-state index in [1.165, 1.54) is 0 Å². The Morgan fingerprint density at radius 2 is 1.68 bits per heavy atom. The van der Waals surface area contributed by atoms with Gasteiger partial charge in [-0.05, 0) is 73.5 Å². The molecule has 28 heavy (non-hydrogen) atoms. The van der Waals surface area contributed by atoms with Crippen molar-refractivity contribution in [3.63, 3.8) is 0 Å². The Morgan fingerprint density at radius 1 is 1.04 bits per heavy atom. The van der Waals surface area contributed by atoms with Crippen molar-refractivity contribution >= 4 is 22.0 Å². The lowest BCUT2D eigenvalue weighted by Crippen LogP contribution is -2.00. The molecule has 0 spiro atoms. The maximum absolute atomic E-state index is 8.98. The molecule has 0 aliphatic heterocycles. The molecule has 5 heteroatoms. The van der Waals surface area contributed by atoms with Crippen LogP contribution >= 0.6 is 15.9 Å². The summed E-state index contributed by atoms with van der Waals surface area (Å²) in [7, 11) is 0. The average molecular weight is 432 g/mol. The van der Waals surface area contributed by atoms with E-state index in [1.807, 2.05) is 80.6 Å². The molecule has 0 fully saturated rings. The number of hydrogen-bond donors (Lipinski definition) is 0. The molecule has 0 saturated heterocycles. The highest BCUT2D eigenvalue weighted by molar-refractivity contribution is 9.10. The Hall–Kier alpha value is -3.28. The summed E-state index contributed by atoms with van der Waals surface area (Å²) in [6, 6.07) is 21.7. The fraction of sp³-hybridized carbons (Fsp3) is 0.130. The highest BCUT2D eigenvalue weighted by atomic mass is 79.9. The van der Waals surface area contributed by atoms with Crippen molar-refractivity contribution in [1.82, 2.24) is 4.57 Å². The summed E-state index contributed by atoms with van der Waals surface area (Å²) < 4.78 is 9.00. The first-order valence-corrected chi connectivity index (χ1v) is 9.49. The van der Waals surface area contributed by atoms with Gasteiger partial charge in [-0.2, -0.15) is 10.5 Å². The number of ether oxygens (including phenoxy) is 1. The maximum atomic E-state index is 8.98. The van der Waals surface area contributed by atoms with Gasteiger partial charge in [0.05, 0.1) is 0 Å². The smallest absolute Gasteiger partial charge is 0.130 e. The third-order valence-electron chi connectivity index (χ3n) is 4.42. The van der Waals surface area contributed by atoms with Crippen LogP contribution in [-0.2, 0) is 6.61 Å². The van der Waals surface area contributed by atoms with Gasteiger partial charge >= 0.3 is 0 Å². The number of nitrogens with zero attached hydrogens (tertiary/aromatic N) is 3. The van der Waals surface area contributed by atoms with Gasteiger partial charge in [-0.3, -0.25) is 0 Å². The average Bonchev–Trinajstić information content (AvgIpc) is 2.99. The van der Waals surface area contributed by atoms with Gasteiger partial charge in [0.25, 0.3) is 0 Å². The van der Waals surface area contributed by atoms with E-state index >= 15 is 0 Å². The molecule has 0 aliphatic rings. The first-order chi connectivity index (χ1) is 13.5. The first kappa shape index (κ1) is 19.5. The Morgan fingerprint density at radius 3 is 2.29 bits per heavy atom. The zero-order chi connectivity index (χ0) is 20.1. The summed E-state index contributed by atoms with van der Waals surface area (Å²) in [5.74, 6) is 0.797. The number of allylic oxidation sites excluding steroid dienone is 1.